The average molecular weight is 635 g/mol. The van der Waals surface area contributed by atoms with Crippen molar-refractivity contribution < 1.29 is 0 Å². The predicted octanol–water partition coefficient (Wildman–Crippen LogP) is 5.87. The molecule has 47 heavy (non-hydrogen) atoms. The summed E-state index contributed by atoms with van der Waals surface area (Å²) >= 11 is 0. The maximum atomic E-state index is 4.43. The molecule has 8 heterocycles. The van der Waals surface area contributed by atoms with Crippen LogP contribution in [0.4, 0.5) is 0 Å². The topological polar surface area (TPSA) is 99.0 Å². The molecule has 0 amide bonds. The highest BCUT2D eigenvalue weighted by atomic mass is 15.2. The lowest BCUT2D eigenvalue weighted by Gasteiger charge is -2.32. The molecule has 10 nitrogen and oxygen atoms in total. The fourth-order valence-electron chi connectivity index (χ4n) is 6.38. The van der Waals surface area contributed by atoms with E-state index in [9.17, 15) is 0 Å². The third-order valence-electron chi connectivity index (χ3n) is 9.28. The Balaban J connectivity index is 0.000000124. The van der Waals surface area contributed by atoms with E-state index in [-0.39, 0.29) is 0 Å². The number of H-pyrrole nitrogens is 3. The summed E-state index contributed by atoms with van der Waals surface area (Å²) in [4.78, 5) is 32.3. The third kappa shape index (κ3) is 9.04. The van der Waals surface area contributed by atoms with Crippen LogP contribution in [0.25, 0.3) is 33.1 Å². The molecular formula is C37H50N10. The molecule has 10 heteroatoms. The van der Waals surface area contributed by atoms with Crippen LogP contribution in [0, 0.1) is 0 Å². The van der Waals surface area contributed by atoms with Crippen LogP contribution in [-0.4, -0.2) is 109 Å². The summed E-state index contributed by atoms with van der Waals surface area (Å²) in [5.74, 6) is 0. The van der Waals surface area contributed by atoms with Crippen LogP contribution in [0.15, 0.2) is 73.6 Å². The van der Waals surface area contributed by atoms with Gasteiger partial charge in [0.25, 0.3) is 0 Å². The summed E-state index contributed by atoms with van der Waals surface area (Å²) in [5.41, 5.74) is 6.85. The van der Waals surface area contributed by atoms with E-state index < -0.39 is 0 Å². The van der Waals surface area contributed by atoms with Crippen molar-refractivity contribution in [2.75, 3.05) is 59.4 Å². The van der Waals surface area contributed by atoms with E-state index in [1.807, 2.05) is 37.2 Å². The van der Waals surface area contributed by atoms with Gasteiger partial charge in [-0.1, -0.05) is 13.8 Å². The summed E-state index contributed by atoms with van der Waals surface area (Å²) in [5, 5.41) is 3.61. The number of pyridine rings is 3. The molecular weight excluding hydrogens is 584 g/mol. The minimum absolute atomic E-state index is 0.971. The van der Waals surface area contributed by atoms with Crippen molar-refractivity contribution in [1.82, 2.24) is 49.5 Å². The summed E-state index contributed by atoms with van der Waals surface area (Å²) in [6, 6.07) is 12.9. The second-order valence-electron chi connectivity index (χ2n) is 12.8. The SMILES string of the molecule is CCN(CC)Cc1cnc2[nH]ccc2c1.CN1CCN(Cc2cnc3[nH]ccc3c2)CC1.c1cc2cc(CN3CCCC3)cnc2[nH]1. The Labute approximate surface area is 278 Å². The quantitative estimate of drug-likeness (QED) is 0.193. The Morgan fingerprint density at radius 3 is 1.49 bits per heavy atom. The maximum Gasteiger partial charge on any atom is 0.137 e. The zero-order chi connectivity index (χ0) is 32.4. The molecule has 6 aromatic rings. The molecule has 0 bridgehead atoms. The maximum absolute atomic E-state index is 4.43. The standard InChI is InChI=1S/C13H18N4.C12H15N3.C12H17N3/c1-16-4-6-17(7-5-16)10-11-8-12-2-3-14-13(12)15-9-11;1-2-6-15(5-1)9-10-7-11-3-4-13-12(11)14-8-10;1-3-15(4-2)9-10-7-11-5-6-13-12(11)14-8-10/h2-3,8-9H,4-7,10H2,1H3,(H,14,15);3-4,7-8H,1-2,5-6,9H2,(H,13,14);5-8H,3-4,9H2,1-2H3,(H,13,14). The number of piperazine rings is 1. The van der Waals surface area contributed by atoms with Crippen LogP contribution in [0.2, 0.25) is 0 Å². The predicted molar refractivity (Wildman–Crippen MR) is 192 cm³/mol. The van der Waals surface area contributed by atoms with E-state index in [0.29, 0.717) is 0 Å². The molecule has 0 radical (unpaired) electrons. The van der Waals surface area contributed by atoms with E-state index in [1.54, 1.807) is 0 Å². The number of hydrogen-bond donors (Lipinski definition) is 3. The molecule has 0 atom stereocenters. The van der Waals surface area contributed by atoms with Gasteiger partial charge in [-0.2, -0.15) is 0 Å². The molecule has 2 saturated heterocycles. The summed E-state index contributed by atoms with van der Waals surface area (Å²) in [7, 11) is 2.19. The van der Waals surface area contributed by atoms with Gasteiger partial charge in [0.1, 0.15) is 16.9 Å². The number of aromatic amines is 3. The highest BCUT2D eigenvalue weighted by Gasteiger charge is 2.14. The lowest BCUT2D eigenvalue weighted by atomic mass is 10.2. The summed E-state index contributed by atoms with van der Waals surface area (Å²) in [6.07, 6.45) is 14.4. The van der Waals surface area contributed by atoms with E-state index in [4.69, 9.17) is 0 Å². The molecule has 0 aliphatic carbocycles. The van der Waals surface area contributed by atoms with Crippen LogP contribution in [0.3, 0.4) is 0 Å². The van der Waals surface area contributed by atoms with Gasteiger partial charge in [-0.15, -0.1) is 0 Å². The summed E-state index contributed by atoms with van der Waals surface area (Å²) < 4.78 is 0. The van der Waals surface area contributed by atoms with Crippen LogP contribution in [-0.2, 0) is 19.6 Å². The second-order valence-corrected chi connectivity index (χ2v) is 12.8. The lowest BCUT2D eigenvalue weighted by Crippen LogP contribution is -2.43. The number of fused-ring (bicyclic) bond motifs is 3. The Morgan fingerprint density at radius 2 is 1.02 bits per heavy atom. The first-order valence-corrected chi connectivity index (χ1v) is 17.2. The van der Waals surface area contributed by atoms with Crippen molar-refractivity contribution in [1.29, 1.82) is 0 Å². The number of aromatic nitrogens is 6. The first kappa shape index (κ1) is 32.8. The molecule has 2 aliphatic rings. The van der Waals surface area contributed by atoms with Crippen molar-refractivity contribution in [3.05, 3.63) is 90.3 Å². The minimum atomic E-state index is 0.971. The molecule has 0 spiro atoms. The Kier molecular flexibility index (Phi) is 11.3. The van der Waals surface area contributed by atoms with Gasteiger partial charge in [-0.05, 0) is 99.2 Å². The number of likely N-dealkylation sites (N-methyl/N-ethyl adjacent to an activating group) is 1. The van der Waals surface area contributed by atoms with Crippen molar-refractivity contribution in [3.63, 3.8) is 0 Å². The third-order valence-corrected chi connectivity index (χ3v) is 9.28. The molecule has 2 aliphatic heterocycles. The minimum Gasteiger partial charge on any atom is -0.346 e. The Morgan fingerprint density at radius 1 is 0.596 bits per heavy atom. The molecule has 3 N–H and O–H groups in total. The Hall–Kier alpha value is -4.09. The number of nitrogens with zero attached hydrogens (tertiary/aromatic N) is 7. The van der Waals surface area contributed by atoms with Gasteiger partial charge in [0, 0.05) is 99.2 Å². The van der Waals surface area contributed by atoms with Crippen LogP contribution in [0.1, 0.15) is 43.4 Å². The normalized spacial score (nSPS) is 16.1. The van der Waals surface area contributed by atoms with Gasteiger partial charge in [0.2, 0.25) is 0 Å². The van der Waals surface area contributed by atoms with Gasteiger partial charge in [-0.3, -0.25) is 14.7 Å². The molecule has 2 fully saturated rings. The Bertz CT molecular complexity index is 1730. The highest BCUT2D eigenvalue weighted by molar-refractivity contribution is 5.76. The smallest absolute Gasteiger partial charge is 0.137 e. The largest absolute Gasteiger partial charge is 0.346 e. The zero-order valence-corrected chi connectivity index (χ0v) is 28.3. The van der Waals surface area contributed by atoms with E-state index in [1.165, 1.54) is 71.9 Å². The highest BCUT2D eigenvalue weighted by Crippen LogP contribution is 2.17. The first-order valence-electron chi connectivity index (χ1n) is 17.2. The van der Waals surface area contributed by atoms with E-state index in [0.717, 1.165) is 62.8 Å². The van der Waals surface area contributed by atoms with Gasteiger partial charge in [0.05, 0.1) is 0 Å². The van der Waals surface area contributed by atoms with Crippen molar-refractivity contribution in [2.45, 2.75) is 46.3 Å². The fraction of sp³-hybridized carbons (Fsp3) is 0.432. The zero-order valence-electron chi connectivity index (χ0n) is 28.3. The van der Waals surface area contributed by atoms with Crippen LogP contribution < -0.4 is 0 Å². The van der Waals surface area contributed by atoms with E-state index in [2.05, 4.69) is 107 Å². The van der Waals surface area contributed by atoms with Crippen LogP contribution in [0.5, 0.6) is 0 Å². The number of hydrogen-bond acceptors (Lipinski definition) is 7. The molecule has 0 unspecified atom stereocenters. The average Bonchev–Trinajstić information content (AvgIpc) is 3.93. The van der Waals surface area contributed by atoms with Crippen LogP contribution >= 0.6 is 0 Å². The molecule has 0 saturated carbocycles. The number of likely N-dealkylation sites (tertiary alicyclic amines) is 1. The first-order chi connectivity index (χ1) is 23.1. The van der Waals surface area contributed by atoms with Gasteiger partial charge >= 0.3 is 0 Å². The number of rotatable bonds is 8. The molecule has 0 aromatic carbocycles. The van der Waals surface area contributed by atoms with Gasteiger partial charge in [-0.25, -0.2) is 15.0 Å². The van der Waals surface area contributed by atoms with Crippen molar-refractivity contribution in [3.8, 4) is 0 Å². The lowest BCUT2D eigenvalue weighted by molar-refractivity contribution is 0.148. The summed E-state index contributed by atoms with van der Waals surface area (Å²) in [6.45, 7) is 16.7. The monoisotopic (exact) mass is 634 g/mol. The molecule has 6 aromatic heterocycles. The molecule has 248 valence electrons. The van der Waals surface area contributed by atoms with Gasteiger partial charge < -0.3 is 19.9 Å². The molecule has 8 rings (SSSR count). The van der Waals surface area contributed by atoms with E-state index >= 15 is 0 Å². The fourth-order valence-corrected chi connectivity index (χ4v) is 6.38. The van der Waals surface area contributed by atoms with Crippen molar-refractivity contribution in [2.24, 2.45) is 0 Å². The van der Waals surface area contributed by atoms with Crippen molar-refractivity contribution >= 4 is 33.1 Å². The van der Waals surface area contributed by atoms with Gasteiger partial charge in [0.15, 0.2) is 0 Å². The second kappa shape index (κ2) is 16.1. The number of nitrogens with one attached hydrogen (secondary N) is 3.